The van der Waals surface area contributed by atoms with Gasteiger partial charge in [-0.1, -0.05) is 6.92 Å². The minimum absolute atomic E-state index is 0.0443. The van der Waals surface area contributed by atoms with Gasteiger partial charge in [0, 0.05) is 12.0 Å². The maximum absolute atomic E-state index is 13.1. The van der Waals surface area contributed by atoms with Crippen LogP contribution < -0.4 is 11.6 Å². The van der Waals surface area contributed by atoms with Crippen molar-refractivity contribution in [2.75, 3.05) is 11.6 Å². The van der Waals surface area contributed by atoms with E-state index < -0.39 is 17.5 Å². The molecule has 4 nitrogen and oxygen atoms in total. The molecule has 4 N–H and O–H groups in total. The van der Waals surface area contributed by atoms with Crippen molar-refractivity contribution in [3.63, 3.8) is 0 Å². The summed E-state index contributed by atoms with van der Waals surface area (Å²) in [6.07, 6.45) is 0.507. The van der Waals surface area contributed by atoms with Crippen LogP contribution in [0, 0.1) is 17.5 Å². The fourth-order valence-corrected chi connectivity index (χ4v) is 1.65. The maximum atomic E-state index is 13.1. The third kappa shape index (κ3) is 1.77. The van der Waals surface area contributed by atoms with Crippen molar-refractivity contribution in [2.24, 2.45) is 0 Å². The number of hydrogen-bond acceptors (Lipinski definition) is 3. The molecule has 0 unspecified atom stereocenters. The molecule has 0 aliphatic carbocycles. The Morgan fingerprint density at radius 2 is 1.78 bits per heavy atom. The number of hydrogen-bond donors (Lipinski definition) is 2. The lowest BCUT2D eigenvalue weighted by molar-refractivity contribution is 0.447. The molecule has 0 bridgehead atoms. The van der Waals surface area contributed by atoms with Gasteiger partial charge in [0.25, 0.3) is 0 Å². The highest BCUT2D eigenvalue weighted by molar-refractivity contribution is 5.71. The molecule has 18 heavy (non-hydrogen) atoms. The molecular formula is C11H11F3N4. The van der Waals surface area contributed by atoms with E-state index in [1.54, 1.807) is 6.92 Å². The first-order valence-electron chi connectivity index (χ1n) is 5.22. The smallest absolute Gasteiger partial charge is 0.194 e. The fourth-order valence-electron chi connectivity index (χ4n) is 1.65. The first kappa shape index (κ1) is 12.3. The summed E-state index contributed by atoms with van der Waals surface area (Å²) in [5.74, 6) is 2.04. The molecule has 0 amide bonds. The van der Waals surface area contributed by atoms with Crippen LogP contribution >= 0.6 is 0 Å². The van der Waals surface area contributed by atoms with Gasteiger partial charge in [-0.05, 0) is 12.1 Å². The summed E-state index contributed by atoms with van der Waals surface area (Å²) in [7, 11) is 0. The van der Waals surface area contributed by atoms with Gasteiger partial charge in [-0.2, -0.15) is 0 Å². The number of imidazole rings is 1. The predicted octanol–water partition coefficient (Wildman–Crippen LogP) is 1.83. The molecule has 0 spiro atoms. The second-order valence-electron chi connectivity index (χ2n) is 3.74. The highest BCUT2D eigenvalue weighted by Crippen LogP contribution is 2.27. The minimum Gasteiger partial charge on any atom is -0.382 e. The Morgan fingerprint density at radius 1 is 1.22 bits per heavy atom. The topological polar surface area (TPSA) is 69.9 Å². The van der Waals surface area contributed by atoms with E-state index in [4.69, 9.17) is 11.6 Å². The summed E-state index contributed by atoms with van der Waals surface area (Å²) in [5, 5.41) is 0. The summed E-state index contributed by atoms with van der Waals surface area (Å²) in [6, 6.07) is 1.66. The van der Waals surface area contributed by atoms with Gasteiger partial charge in [-0.15, -0.1) is 0 Å². The summed E-state index contributed by atoms with van der Waals surface area (Å²) >= 11 is 0. The van der Waals surface area contributed by atoms with Gasteiger partial charge in [0.1, 0.15) is 11.5 Å². The number of aromatic nitrogens is 2. The lowest BCUT2D eigenvalue weighted by Gasteiger charge is -2.02. The van der Waals surface area contributed by atoms with Crippen molar-refractivity contribution in [1.29, 1.82) is 0 Å². The lowest BCUT2D eigenvalue weighted by Crippen LogP contribution is -2.14. The zero-order chi connectivity index (χ0) is 13.4. The average molecular weight is 256 g/mol. The van der Waals surface area contributed by atoms with Crippen LogP contribution in [0.25, 0.3) is 11.3 Å². The van der Waals surface area contributed by atoms with E-state index in [1.807, 2.05) is 0 Å². The van der Waals surface area contributed by atoms with Crippen molar-refractivity contribution in [1.82, 2.24) is 9.66 Å². The van der Waals surface area contributed by atoms with Crippen LogP contribution in [0.5, 0.6) is 0 Å². The second-order valence-corrected chi connectivity index (χ2v) is 3.74. The monoisotopic (exact) mass is 256 g/mol. The van der Waals surface area contributed by atoms with Gasteiger partial charge in [0.15, 0.2) is 23.3 Å². The molecule has 7 heteroatoms. The number of anilines is 1. The summed E-state index contributed by atoms with van der Waals surface area (Å²) < 4.78 is 40.2. The van der Waals surface area contributed by atoms with Gasteiger partial charge < -0.3 is 11.6 Å². The molecule has 96 valence electrons. The zero-order valence-electron chi connectivity index (χ0n) is 9.54. The van der Waals surface area contributed by atoms with Gasteiger partial charge in [-0.3, -0.25) is 0 Å². The zero-order valence-corrected chi connectivity index (χ0v) is 9.54. The maximum Gasteiger partial charge on any atom is 0.194 e. The highest BCUT2D eigenvalue weighted by Gasteiger charge is 2.17. The third-order valence-corrected chi connectivity index (χ3v) is 2.59. The molecule has 0 fully saturated rings. The van der Waals surface area contributed by atoms with Crippen molar-refractivity contribution < 1.29 is 13.2 Å². The number of nitrogens with zero attached hydrogens (tertiary/aromatic N) is 2. The molecule has 0 aliphatic rings. The van der Waals surface area contributed by atoms with Gasteiger partial charge >= 0.3 is 0 Å². The quantitative estimate of drug-likeness (QED) is 0.636. The number of aryl methyl sites for hydroxylation is 1. The number of halogens is 3. The van der Waals surface area contributed by atoms with Gasteiger partial charge in [0.05, 0.1) is 0 Å². The molecule has 0 radical (unpaired) electrons. The minimum atomic E-state index is -1.53. The Hall–Kier alpha value is -2.18. The van der Waals surface area contributed by atoms with Crippen molar-refractivity contribution >= 4 is 5.82 Å². The van der Waals surface area contributed by atoms with E-state index in [-0.39, 0.29) is 17.1 Å². The second kappa shape index (κ2) is 4.25. The standard InChI is InChI=1S/C11H11F3N4/c1-2-8-17-10(11(15)18(8)16)5-3-6(12)9(14)7(13)4-5/h3-4H,2,15-16H2,1H3. The molecule has 0 saturated heterocycles. The summed E-state index contributed by atoms with van der Waals surface area (Å²) in [5.41, 5.74) is 5.86. The van der Waals surface area contributed by atoms with E-state index in [1.165, 1.54) is 0 Å². The Morgan fingerprint density at radius 3 is 2.22 bits per heavy atom. The van der Waals surface area contributed by atoms with Crippen LogP contribution in [-0.2, 0) is 6.42 Å². The lowest BCUT2D eigenvalue weighted by atomic mass is 10.1. The molecule has 2 rings (SSSR count). The van der Waals surface area contributed by atoms with E-state index in [0.717, 1.165) is 16.8 Å². The van der Waals surface area contributed by atoms with Crippen LogP contribution in [0.4, 0.5) is 19.0 Å². The first-order valence-corrected chi connectivity index (χ1v) is 5.22. The SMILES string of the molecule is CCc1nc(-c2cc(F)c(F)c(F)c2)c(N)n1N. The average Bonchev–Trinajstić information content (AvgIpc) is 2.62. The molecule has 1 heterocycles. The molecule has 0 atom stereocenters. The van der Waals surface area contributed by atoms with Crippen LogP contribution in [0.3, 0.4) is 0 Å². The third-order valence-electron chi connectivity index (χ3n) is 2.59. The molecule has 2 aromatic rings. The number of benzene rings is 1. The van der Waals surface area contributed by atoms with E-state index in [9.17, 15) is 13.2 Å². The first-order chi connectivity index (χ1) is 8.45. The van der Waals surface area contributed by atoms with Crippen LogP contribution in [0.15, 0.2) is 12.1 Å². The molecule has 0 saturated carbocycles. The number of rotatable bonds is 2. The Bertz CT molecular complexity index is 584. The molecular weight excluding hydrogens is 245 g/mol. The van der Waals surface area contributed by atoms with Crippen molar-refractivity contribution in [3.05, 3.63) is 35.4 Å². The van der Waals surface area contributed by atoms with E-state index in [0.29, 0.717) is 12.2 Å². The van der Waals surface area contributed by atoms with Crippen LogP contribution in [-0.4, -0.2) is 9.66 Å². The molecule has 1 aromatic heterocycles. The number of nitrogens with two attached hydrogens (primary N) is 2. The van der Waals surface area contributed by atoms with Crippen molar-refractivity contribution in [2.45, 2.75) is 13.3 Å². The largest absolute Gasteiger partial charge is 0.382 e. The van der Waals surface area contributed by atoms with Crippen LogP contribution in [0.1, 0.15) is 12.7 Å². The van der Waals surface area contributed by atoms with E-state index in [2.05, 4.69) is 4.98 Å². The Labute approximate surface area is 101 Å². The van der Waals surface area contributed by atoms with Gasteiger partial charge in [0.2, 0.25) is 0 Å². The van der Waals surface area contributed by atoms with E-state index >= 15 is 0 Å². The highest BCUT2D eigenvalue weighted by atomic mass is 19.2. The molecule has 1 aromatic carbocycles. The molecule has 0 aliphatic heterocycles. The fraction of sp³-hybridized carbons (Fsp3) is 0.182. The normalized spacial score (nSPS) is 10.9. The van der Waals surface area contributed by atoms with Crippen molar-refractivity contribution in [3.8, 4) is 11.3 Å². The predicted molar refractivity (Wildman–Crippen MR) is 61.5 cm³/mol. The Balaban J connectivity index is 2.62. The summed E-state index contributed by atoms with van der Waals surface area (Å²) in [4.78, 5) is 4.07. The number of nitrogen functional groups attached to an aromatic ring is 2. The Kier molecular flexibility index (Phi) is 2.90. The van der Waals surface area contributed by atoms with Gasteiger partial charge in [-0.25, -0.2) is 22.8 Å². The summed E-state index contributed by atoms with van der Waals surface area (Å²) in [6.45, 7) is 1.81. The van der Waals surface area contributed by atoms with Crippen LogP contribution in [0.2, 0.25) is 0 Å².